The summed E-state index contributed by atoms with van der Waals surface area (Å²) in [6, 6.07) is 17.5. The van der Waals surface area contributed by atoms with Crippen LogP contribution in [0, 0.1) is 16.7 Å². The van der Waals surface area contributed by atoms with E-state index in [9.17, 15) is 29.1 Å². The first-order valence-corrected chi connectivity index (χ1v) is 17.7. The Morgan fingerprint density at radius 2 is 1.40 bits per heavy atom. The van der Waals surface area contributed by atoms with E-state index in [1.807, 2.05) is 30.3 Å². The summed E-state index contributed by atoms with van der Waals surface area (Å²) in [5.41, 5.74) is -1.82. The average molecular weight is 729 g/mol. The van der Waals surface area contributed by atoms with E-state index in [4.69, 9.17) is 23.7 Å². The van der Waals surface area contributed by atoms with Gasteiger partial charge in [-0.25, -0.2) is 9.59 Å². The first-order valence-electron chi connectivity index (χ1n) is 17.7. The van der Waals surface area contributed by atoms with E-state index >= 15 is 0 Å². The smallest absolute Gasteiger partial charge is 0.338 e. The molecule has 2 fully saturated rings. The summed E-state index contributed by atoms with van der Waals surface area (Å²) in [4.78, 5) is 65.6. The third-order valence-electron chi connectivity index (χ3n) is 11.2. The molecule has 3 aliphatic rings. The molecule has 11 heteroatoms. The number of hydrogen-bond acceptors (Lipinski definition) is 11. The summed E-state index contributed by atoms with van der Waals surface area (Å²) < 4.78 is 30.4. The van der Waals surface area contributed by atoms with Gasteiger partial charge in [-0.2, -0.15) is 0 Å². The van der Waals surface area contributed by atoms with E-state index < -0.39 is 82.7 Å². The highest BCUT2D eigenvalue weighted by molar-refractivity contribution is 5.90. The van der Waals surface area contributed by atoms with Crippen LogP contribution in [-0.2, 0) is 42.9 Å². The molecule has 1 unspecified atom stereocenters. The van der Waals surface area contributed by atoms with Crippen LogP contribution >= 0.6 is 0 Å². The second-order valence-electron chi connectivity index (χ2n) is 15.0. The molecule has 53 heavy (non-hydrogen) atoms. The van der Waals surface area contributed by atoms with Crippen molar-refractivity contribution in [1.82, 2.24) is 0 Å². The lowest BCUT2D eigenvalue weighted by atomic mass is 9.56. The number of carbonyl (C=O) groups is 5. The molecule has 0 aliphatic heterocycles. The van der Waals surface area contributed by atoms with Gasteiger partial charge in [0.25, 0.3) is 0 Å². The van der Waals surface area contributed by atoms with E-state index in [0.29, 0.717) is 16.7 Å². The number of rotatable bonds is 9. The van der Waals surface area contributed by atoms with Crippen molar-refractivity contribution in [2.75, 3.05) is 0 Å². The molecular formula is C42H48O11. The maximum Gasteiger partial charge on any atom is 0.338 e. The third kappa shape index (κ3) is 7.71. The van der Waals surface area contributed by atoms with Gasteiger partial charge in [0, 0.05) is 45.1 Å². The summed E-state index contributed by atoms with van der Waals surface area (Å²) >= 11 is 0. The number of fused-ring (bicyclic) bond motifs is 2. The first kappa shape index (κ1) is 39.2. The maximum atomic E-state index is 14.0. The normalized spacial score (nSPS) is 29.7. The van der Waals surface area contributed by atoms with Crippen LogP contribution in [0.1, 0.15) is 83.7 Å². The molecular weight excluding hydrogens is 680 g/mol. The van der Waals surface area contributed by atoms with Crippen molar-refractivity contribution in [3.63, 3.8) is 0 Å². The Morgan fingerprint density at radius 3 is 1.96 bits per heavy atom. The van der Waals surface area contributed by atoms with Crippen molar-refractivity contribution in [2.24, 2.45) is 16.7 Å². The quantitative estimate of drug-likeness (QED) is 0.138. The van der Waals surface area contributed by atoms with Crippen molar-refractivity contribution < 1.29 is 52.8 Å². The van der Waals surface area contributed by atoms with E-state index in [2.05, 4.69) is 6.58 Å². The third-order valence-corrected chi connectivity index (χ3v) is 11.2. The molecule has 1 N–H and O–H groups in total. The summed E-state index contributed by atoms with van der Waals surface area (Å²) in [7, 11) is 0. The molecule has 0 saturated heterocycles. The van der Waals surface area contributed by atoms with Crippen LogP contribution < -0.4 is 0 Å². The van der Waals surface area contributed by atoms with Crippen molar-refractivity contribution in [3.05, 3.63) is 101 Å². The van der Waals surface area contributed by atoms with E-state index in [-0.39, 0.29) is 24.8 Å². The van der Waals surface area contributed by atoms with Crippen molar-refractivity contribution in [2.45, 2.75) is 104 Å². The van der Waals surface area contributed by atoms with Gasteiger partial charge in [0.15, 0.2) is 12.2 Å². The molecule has 0 aromatic heterocycles. The second-order valence-corrected chi connectivity index (χ2v) is 15.0. The topological polar surface area (TPSA) is 152 Å². The summed E-state index contributed by atoms with van der Waals surface area (Å²) in [5.74, 6) is -4.06. The zero-order chi connectivity index (χ0) is 38.9. The fourth-order valence-electron chi connectivity index (χ4n) is 8.64. The highest BCUT2D eigenvalue weighted by Crippen LogP contribution is 2.65. The predicted molar refractivity (Wildman–Crippen MR) is 194 cm³/mol. The first-order chi connectivity index (χ1) is 24.9. The zero-order valence-corrected chi connectivity index (χ0v) is 31.3. The predicted octanol–water partition coefficient (Wildman–Crippen LogP) is 6.10. The average Bonchev–Trinajstić information content (AvgIpc) is 3.32. The molecule has 0 bridgehead atoms. The van der Waals surface area contributed by atoms with Gasteiger partial charge < -0.3 is 28.8 Å². The number of ether oxygens (including phenoxy) is 5. The lowest BCUT2D eigenvalue weighted by molar-refractivity contribution is -0.197. The van der Waals surface area contributed by atoms with Gasteiger partial charge in [-0.1, -0.05) is 62.0 Å². The molecule has 3 aliphatic carbocycles. The van der Waals surface area contributed by atoms with Gasteiger partial charge in [-0.15, -0.1) is 0 Å². The second kappa shape index (κ2) is 15.1. The Hall–Kier alpha value is -5.03. The molecule has 5 rings (SSSR count). The highest BCUT2D eigenvalue weighted by atomic mass is 16.6. The number of benzene rings is 2. The van der Waals surface area contributed by atoms with Crippen LogP contribution in [0.25, 0.3) is 6.08 Å². The van der Waals surface area contributed by atoms with Crippen molar-refractivity contribution >= 4 is 35.9 Å². The summed E-state index contributed by atoms with van der Waals surface area (Å²) in [5, 5.41) is 12.3. The lowest BCUT2D eigenvalue weighted by Gasteiger charge is -2.53. The van der Waals surface area contributed by atoms with E-state index in [1.165, 1.54) is 26.8 Å². The lowest BCUT2D eigenvalue weighted by Crippen LogP contribution is -2.60. The van der Waals surface area contributed by atoms with Gasteiger partial charge in [-0.05, 0) is 73.6 Å². The molecule has 0 spiro atoms. The minimum Gasteiger partial charge on any atom is -0.462 e. The van der Waals surface area contributed by atoms with Crippen LogP contribution in [-0.4, -0.2) is 71.1 Å². The fraction of sp³-hybridized carbons (Fsp3) is 0.452. The van der Waals surface area contributed by atoms with Crippen molar-refractivity contribution in [3.8, 4) is 0 Å². The molecule has 0 radical (unpaired) electrons. The fourth-order valence-corrected chi connectivity index (χ4v) is 8.64. The Morgan fingerprint density at radius 1 is 0.811 bits per heavy atom. The number of aliphatic hydroxyl groups is 1. The molecule has 11 nitrogen and oxygen atoms in total. The van der Waals surface area contributed by atoms with Crippen molar-refractivity contribution in [1.29, 1.82) is 0 Å². The minimum atomic E-state index is -1.57. The zero-order valence-electron chi connectivity index (χ0n) is 31.3. The minimum absolute atomic E-state index is 0.0446. The summed E-state index contributed by atoms with van der Waals surface area (Å²) in [6.07, 6.45) is -2.48. The van der Waals surface area contributed by atoms with E-state index in [1.54, 1.807) is 64.1 Å². The van der Waals surface area contributed by atoms with Gasteiger partial charge in [-0.3, -0.25) is 14.4 Å². The number of esters is 5. The Balaban J connectivity index is 1.72. The van der Waals surface area contributed by atoms with Crippen LogP contribution in [0.4, 0.5) is 0 Å². The molecule has 0 heterocycles. The number of carbonyl (C=O) groups excluding carboxylic acids is 5. The monoisotopic (exact) mass is 728 g/mol. The maximum absolute atomic E-state index is 14.0. The van der Waals surface area contributed by atoms with Crippen LogP contribution in [0.15, 0.2) is 90.0 Å². The van der Waals surface area contributed by atoms with Gasteiger partial charge >= 0.3 is 29.8 Å². The molecule has 0 amide bonds. The van der Waals surface area contributed by atoms with Crippen LogP contribution in [0.3, 0.4) is 0 Å². The molecule has 2 aromatic rings. The van der Waals surface area contributed by atoms with Crippen LogP contribution in [0.2, 0.25) is 0 Å². The molecule has 8 atom stereocenters. The van der Waals surface area contributed by atoms with Gasteiger partial charge in [0.1, 0.15) is 18.3 Å². The summed E-state index contributed by atoms with van der Waals surface area (Å²) in [6.45, 7) is 15.0. The number of hydrogen-bond donors (Lipinski definition) is 1. The van der Waals surface area contributed by atoms with Crippen LogP contribution in [0.5, 0.6) is 0 Å². The largest absolute Gasteiger partial charge is 0.462 e. The van der Waals surface area contributed by atoms with Gasteiger partial charge in [0.05, 0.1) is 16.6 Å². The Kier molecular flexibility index (Phi) is 11.2. The molecule has 282 valence electrons. The molecule has 2 aromatic carbocycles. The van der Waals surface area contributed by atoms with Gasteiger partial charge in [0.2, 0.25) is 0 Å². The SMILES string of the molecule is C=C1[C@@H](OC(=O)/C=C/c2ccccc2)C[C@H](OC(C)=O)[C@]2(C)[C@@H]1C[C@]1(C(C)(C)O)CC(OC(C)=O)C(C)=C1[C@@H](OC(=O)c1ccccc1)[C@@H]2OC(C)=O. The Bertz CT molecular complexity index is 1820. The Labute approximate surface area is 310 Å². The molecule has 2 saturated carbocycles. The standard InChI is InChI=1S/C42H48O11/c1-24-31-22-42(40(6,7)48)23-33(49-26(3)43)25(2)36(42)37(53-39(47)30-17-13-10-14-18-30)38(51-28(5)45)41(31,8)34(50-27(4)44)21-32(24)52-35(46)20-19-29-15-11-9-12-16-29/h9-20,31-34,37-38,48H,1,21-23H2,2-8H3/b20-19+/t31-,32+,33?,34+,37-,38+,41+,42+/m1/s1. The van der Waals surface area contributed by atoms with E-state index in [0.717, 1.165) is 5.56 Å². The highest BCUT2D eigenvalue weighted by Gasteiger charge is 2.69.